The summed E-state index contributed by atoms with van der Waals surface area (Å²) in [6.45, 7) is 0.188. The van der Waals surface area contributed by atoms with Gasteiger partial charge in [0.05, 0.1) is 11.3 Å². The molecule has 1 amide bonds. The van der Waals surface area contributed by atoms with Crippen molar-refractivity contribution in [3.63, 3.8) is 0 Å². The fourth-order valence-corrected chi connectivity index (χ4v) is 2.79. The van der Waals surface area contributed by atoms with Gasteiger partial charge in [0, 0.05) is 0 Å². The van der Waals surface area contributed by atoms with Crippen LogP contribution in [0, 0.1) is 5.82 Å². The lowest BCUT2D eigenvalue weighted by molar-refractivity contribution is 0.0456. The molecule has 6 nitrogen and oxygen atoms in total. The highest BCUT2D eigenvalue weighted by molar-refractivity contribution is 7.18. The SMILES string of the molecule is O=C(Nc1ccc(C(=O)OCCOc2ccc(F)cc2)s1)c1ccco1. The molecule has 3 rings (SSSR count). The molecule has 0 aliphatic rings. The lowest BCUT2D eigenvalue weighted by atomic mass is 10.3. The summed E-state index contributed by atoms with van der Waals surface area (Å²) < 4.78 is 28.2. The molecule has 0 atom stereocenters. The number of ether oxygens (including phenoxy) is 2. The highest BCUT2D eigenvalue weighted by atomic mass is 32.1. The minimum Gasteiger partial charge on any atom is -0.490 e. The molecular formula is C18H14FNO5S. The van der Waals surface area contributed by atoms with Gasteiger partial charge in [0.1, 0.15) is 29.7 Å². The van der Waals surface area contributed by atoms with E-state index in [0.717, 1.165) is 11.3 Å². The van der Waals surface area contributed by atoms with E-state index in [9.17, 15) is 14.0 Å². The number of hydrogen-bond donors (Lipinski definition) is 1. The van der Waals surface area contributed by atoms with Crippen LogP contribution in [0.5, 0.6) is 5.75 Å². The second kappa shape index (κ2) is 8.30. The summed E-state index contributed by atoms with van der Waals surface area (Å²) in [6.07, 6.45) is 1.40. The quantitative estimate of drug-likeness (QED) is 0.499. The van der Waals surface area contributed by atoms with Crippen molar-refractivity contribution in [1.82, 2.24) is 0 Å². The van der Waals surface area contributed by atoms with Crippen molar-refractivity contribution in [2.75, 3.05) is 18.5 Å². The summed E-state index contributed by atoms with van der Waals surface area (Å²) in [6, 6.07) is 11.9. The number of rotatable bonds is 7. The first-order valence-corrected chi connectivity index (χ1v) is 8.43. The van der Waals surface area contributed by atoms with Gasteiger partial charge >= 0.3 is 5.97 Å². The van der Waals surface area contributed by atoms with Crippen LogP contribution in [0.4, 0.5) is 9.39 Å². The van der Waals surface area contributed by atoms with Crippen molar-refractivity contribution in [1.29, 1.82) is 0 Å². The summed E-state index contributed by atoms with van der Waals surface area (Å²) in [5, 5.41) is 3.14. The zero-order valence-electron chi connectivity index (χ0n) is 13.4. The summed E-state index contributed by atoms with van der Waals surface area (Å²) in [5.74, 6) is -0.598. The molecule has 0 spiro atoms. The standard InChI is InChI=1S/C18H14FNO5S/c19-12-3-5-13(6-4-12)23-10-11-25-18(22)15-7-8-16(26-15)20-17(21)14-2-1-9-24-14/h1-9H,10-11H2,(H,20,21). The van der Waals surface area contributed by atoms with Crippen LogP contribution in [0.3, 0.4) is 0 Å². The largest absolute Gasteiger partial charge is 0.490 e. The predicted molar refractivity (Wildman–Crippen MR) is 93.2 cm³/mol. The van der Waals surface area contributed by atoms with Crippen molar-refractivity contribution in [2.45, 2.75) is 0 Å². The van der Waals surface area contributed by atoms with E-state index >= 15 is 0 Å². The van der Waals surface area contributed by atoms with Gasteiger partial charge in [0.15, 0.2) is 5.76 Å². The molecule has 0 aliphatic carbocycles. The number of furan rings is 1. The van der Waals surface area contributed by atoms with Crippen LogP contribution in [0.25, 0.3) is 0 Å². The Morgan fingerprint density at radius 2 is 1.88 bits per heavy atom. The molecule has 1 N–H and O–H groups in total. The third-order valence-corrected chi connectivity index (χ3v) is 4.17. The summed E-state index contributed by atoms with van der Waals surface area (Å²) >= 11 is 1.09. The Hall–Kier alpha value is -3.13. The van der Waals surface area contributed by atoms with E-state index in [1.807, 2.05) is 0 Å². The van der Waals surface area contributed by atoms with E-state index in [1.165, 1.54) is 30.5 Å². The predicted octanol–water partition coefficient (Wildman–Crippen LogP) is 3.97. The van der Waals surface area contributed by atoms with Gasteiger partial charge in [-0.05, 0) is 48.5 Å². The number of esters is 1. The highest BCUT2D eigenvalue weighted by Gasteiger charge is 2.14. The number of benzene rings is 1. The minimum atomic E-state index is -0.517. The van der Waals surface area contributed by atoms with E-state index in [0.29, 0.717) is 15.6 Å². The second-order valence-corrected chi connectivity index (χ2v) is 6.12. The maximum atomic E-state index is 12.8. The molecule has 0 saturated carbocycles. The Labute approximate surface area is 152 Å². The lowest BCUT2D eigenvalue weighted by Gasteiger charge is -2.06. The minimum absolute atomic E-state index is 0.0438. The topological polar surface area (TPSA) is 77.8 Å². The van der Waals surface area contributed by atoms with Crippen LogP contribution >= 0.6 is 11.3 Å². The first kappa shape index (κ1) is 17.7. The van der Waals surface area contributed by atoms with Crippen molar-refractivity contribution >= 4 is 28.2 Å². The van der Waals surface area contributed by atoms with Crippen LogP contribution in [-0.4, -0.2) is 25.1 Å². The number of carbonyl (C=O) groups excluding carboxylic acids is 2. The lowest BCUT2D eigenvalue weighted by Crippen LogP contribution is -2.11. The Balaban J connectivity index is 1.44. The summed E-state index contributed by atoms with van der Waals surface area (Å²) in [4.78, 5) is 24.2. The fraction of sp³-hybridized carbons (Fsp3) is 0.111. The Morgan fingerprint density at radius 3 is 2.62 bits per heavy atom. The molecule has 0 radical (unpaired) electrons. The maximum Gasteiger partial charge on any atom is 0.348 e. The van der Waals surface area contributed by atoms with E-state index in [1.54, 1.807) is 24.3 Å². The van der Waals surface area contributed by atoms with E-state index in [2.05, 4.69) is 5.32 Å². The molecule has 1 aromatic carbocycles. The summed E-state index contributed by atoms with van der Waals surface area (Å²) in [7, 11) is 0. The number of nitrogens with one attached hydrogen (secondary N) is 1. The highest BCUT2D eigenvalue weighted by Crippen LogP contribution is 2.23. The number of thiophene rings is 1. The fourth-order valence-electron chi connectivity index (χ4n) is 1.99. The molecule has 26 heavy (non-hydrogen) atoms. The van der Waals surface area contributed by atoms with E-state index < -0.39 is 11.9 Å². The van der Waals surface area contributed by atoms with Crippen LogP contribution in [0.2, 0.25) is 0 Å². The van der Waals surface area contributed by atoms with E-state index in [4.69, 9.17) is 13.9 Å². The smallest absolute Gasteiger partial charge is 0.348 e. The zero-order chi connectivity index (χ0) is 18.4. The van der Waals surface area contributed by atoms with Crippen molar-refractivity contribution in [3.05, 3.63) is 71.2 Å². The van der Waals surface area contributed by atoms with Crippen LogP contribution < -0.4 is 10.1 Å². The molecular weight excluding hydrogens is 361 g/mol. The Morgan fingerprint density at radius 1 is 1.08 bits per heavy atom. The number of halogens is 1. The first-order valence-electron chi connectivity index (χ1n) is 7.62. The molecule has 0 bridgehead atoms. The molecule has 2 heterocycles. The third kappa shape index (κ3) is 4.70. The molecule has 134 valence electrons. The third-order valence-electron chi connectivity index (χ3n) is 3.19. The number of amides is 1. The van der Waals surface area contributed by atoms with Gasteiger partial charge in [-0.1, -0.05) is 0 Å². The molecule has 0 aliphatic heterocycles. The van der Waals surface area contributed by atoms with Gasteiger partial charge in [-0.3, -0.25) is 4.79 Å². The first-order chi connectivity index (χ1) is 12.6. The number of carbonyl (C=O) groups is 2. The molecule has 2 aromatic heterocycles. The van der Waals surface area contributed by atoms with Crippen molar-refractivity contribution in [3.8, 4) is 5.75 Å². The second-order valence-electron chi connectivity index (χ2n) is 5.03. The maximum absolute atomic E-state index is 12.8. The molecule has 0 fully saturated rings. The van der Waals surface area contributed by atoms with Crippen LogP contribution in [-0.2, 0) is 4.74 Å². The average molecular weight is 375 g/mol. The zero-order valence-corrected chi connectivity index (χ0v) is 14.3. The van der Waals surface area contributed by atoms with Gasteiger partial charge in [-0.2, -0.15) is 0 Å². The molecule has 3 aromatic rings. The van der Waals surface area contributed by atoms with Gasteiger partial charge in [0.2, 0.25) is 0 Å². The molecule has 0 saturated heterocycles. The summed E-state index contributed by atoms with van der Waals surface area (Å²) in [5.41, 5.74) is 0. The van der Waals surface area contributed by atoms with E-state index in [-0.39, 0.29) is 24.8 Å². The average Bonchev–Trinajstić information content (AvgIpc) is 3.32. The van der Waals surface area contributed by atoms with Gasteiger partial charge in [-0.15, -0.1) is 11.3 Å². The Bertz CT molecular complexity index is 873. The van der Waals surface area contributed by atoms with Gasteiger partial charge < -0.3 is 19.2 Å². The van der Waals surface area contributed by atoms with Crippen LogP contribution in [0.15, 0.2) is 59.2 Å². The molecule has 8 heteroatoms. The molecule has 0 unspecified atom stereocenters. The monoisotopic (exact) mass is 375 g/mol. The number of hydrogen-bond acceptors (Lipinski definition) is 6. The van der Waals surface area contributed by atoms with Crippen LogP contribution in [0.1, 0.15) is 20.2 Å². The Kier molecular flexibility index (Phi) is 5.65. The van der Waals surface area contributed by atoms with Crippen molar-refractivity contribution < 1.29 is 27.9 Å². The number of anilines is 1. The van der Waals surface area contributed by atoms with Gasteiger partial charge in [0.25, 0.3) is 5.91 Å². The van der Waals surface area contributed by atoms with Gasteiger partial charge in [-0.25, -0.2) is 9.18 Å². The van der Waals surface area contributed by atoms with Crippen molar-refractivity contribution in [2.24, 2.45) is 0 Å². The normalized spacial score (nSPS) is 10.3.